The summed E-state index contributed by atoms with van der Waals surface area (Å²) < 4.78 is 1.78. The number of aromatic nitrogens is 2. The predicted octanol–water partition coefficient (Wildman–Crippen LogP) is 3.81. The summed E-state index contributed by atoms with van der Waals surface area (Å²) in [6, 6.07) is 4.71. The average molecular weight is 363 g/mol. The van der Waals surface area contributed by atoms with Gasteiger partial charge in [-0.25, -0.2) is 4.98 Å². The van der Waals surface area contributed by atoms with Gasteiger partial charge < -0.3 is 15.0 Å². The normalized spacial score (nSPS) is 20.0. The second kappa shape index (κ2) is 8.19. The molecule has 0 saturated heterocycles. The number of carbonyl (C=O) groups is 1. The Balaban J connectivity index is 1.60. The molecule has 5 nitrogen and oxygen atoms in total. The fourth-order valence-electron chi connectivity index (χ4n) is 3.50. The van der Waals surface area contributed by atoms with Crippen LogP contribution in [0.2, 0.25) is 5.02 Å². The van der Waals surface area contributed by atoms with Gasteiger partial charge in [0.25, 0.3) is 5.91 Å². The lowest BCUT2D eigenvalue weighted by Gasteiger charge is -2.40. The largest absolute Gasteiger partial charge is 0.346 e. The maximum absolute atomic E-state index is 12.5. The van der Waals surface area contributed by atoms with Gasteiger partial charge in [0.15, 0.2) is 0 Å². The van der Waals surface area contributed by atoms with Crippen molar-refractivity contribution in [3.63, 3.8) is 0 Å². The number of hydrogen-bond donors (Lipinski definition) is 2. The van der Waals surface area contributed by atoms with Crippen LogP contribution in [0.25, 0.3) is 5.65 Å². The van der Waals surface area contributed by atoms with E-state index in [1.165, 1.54) is 25.7 Å². The first-order valence-corrected chi connectivity index (χ1v) is 9.69. The van der Waals surface area contributed by atoms with Gasteiger partial charge in [-0.3, -0.25) is 4.79 Å². The summed E-state index contributed by atoms with van der Waals surface area (Å²) in [7, 11) is 0. The van der Waals surface area contributed by atoms with Crippen LogP contribution in [0.5, 0.6) is 0 Å². The monoisotopic (exact) mass is 362 g/mol. The van der Waals surface area contributed by atoms with E-state index in [0.717, 1.165) is 18.5 Å². The van der Waals surface area contributed by atoms with Crippen molar-refractivity contribution in [1.82, 2.24) is 20.0 Å². The van der Waals surface area contributed by atoms with Crippen molar-refractivity contribution in [1.29, 1.82) is 0 Å². The first kappa shape index (κ1) is 18.2. The van der Waals surface area contributed by atoms with Crippen LogP contribution in [0.1, 0.15) is 62.9 Å². The van der Waals surface area contributed by atoms with E-state index in [1.807, 2.05) is 6.07 Å². The number of imidazole rings is 1. The molecule has 2 aromatic heterocycles. The summed E-state index contributed by atoms with van der Waals surface area (Å²) in [6.07, 6.45) is 10.4. The Kier molecular flexibility index (Phi) is 5.97. The molecule has 2 heterocycles. The highest BCUT2D eigenvalue weighted by Crippen LogP contribution is 2.22. The molecule has 0 bridgehead atoms. The van der Waals surface area contributed by atoms with E-state index >= 15 is 0 Å². The van der Waals surface area contributed by atoms with Gasteiger partial charge in [0.05, 0.1) is 5.02 Å². The molecular formula is C19H27ClN4O. The Morgan fingerprint density at radius 1 is 1.24 bits per heavy atom. The molecule has 2 atom stereocenters. The first-order valence-electron chi connectivity index (χ1n) is 9.31. The highest BCUT2D eigenvalue weighted by Gasteiger charge is 2.33. The smallest absolute Gasteiger partial charge is 0.271 e. The number of halogens is 1. The van der Waals surface area contributed by atoms with Crippen LogP contribution in [-0.2, 0) is 0 Å². The van der Waals surface area contributed by atoms with Crippen molar-refractivity contribution in [2.24, 2.45) is 0 Å². The lowest BCUT2D eigenvalue weighted by atomic mass is 9.85. The molecule has 0 radical (unpaired) electrons. The Morgan fingerprint density at radius 2 is 1.96 bits per heavy atom. The SMILES string of the molecule is CCCC(CCC)N[C@@H]1CC[C@@H]1NC(=O)c1cn2cc(Cl)ccc2n1. The van der Waals surface area contributed by atoms with E-state index in [9.17, 15) is 4.79 Å². The third-order valence-electron chi connectivity index (χ3n) is 4.96. The molecule has 2 aromatic rings. The van der Waals surface area contributed by atoms with Gasteiger partial charge in [-0.1, -0.05) is 38.3 Å². The van der Waals surface area contributed by atoms with Crippen LogP contribution in [0.3, 0.4) is 0 Å². The summed E-state index contributed by atoms with van der Waals surface area (Å²) >= 11 is 5.98. The summed E-state index contributed by atoms with van der Waals surface area (Å²) in [6.45, 7) is 4.44. The lowest BCUT2D eigenvalue weighted by Crippen LogP contribution is -2.59. The molecule has 1 saturated carbocycles. The van der Waals surface area contributed by atoms with Crippen molar-refractivity contribution in [2.45, 2.75) is 70.5 Å². The van der Waals surface area contributed by atoms with Crippen molar-refractivity contribution in [3.8, 4) is 0 Å². The molecule has 25 heavy (non-hydrogen) atoms. The Labute approximate surface area is 154 Å². The van der Waals surface area contributed by atoms with Gasteiger partial charge in [0.1, 0.15) is 11.3 Å². The van der Waals surface area contributed by atoms with E-state index in [0.29, 0.717) is 22.8 Å². The number of nitrogens with one attached hydrogen (secondary N) is 2. The van der Waals surface area contributed by atoms with Gasteiger partial charge >= 0.3 is 0 Å². The zero-order valence-electron chi connectivity index (χ0n) is 15.0. The number of hydrogen-bond acceptors (Lipinski definition) is 3. The number of rotatable bonds is 8. The standard InChI is InChI=1S/C19H27ClN4O/c1-3-5-14(6-4-2)21-15-8-9-16(15)23-19(25)17-12-24-11-13(20)7-10-18(24)22-17/h7,10-12,14-16,21H,3-6,8-9H2,1-2H3,(H,23,25)/t15-,16+/m1/s1. The number of fused-ring (bicyclic) bond motifs is 1. The second-order valence-electron chi connectivity index (χ2n) is 6.94. The maximum atomic E-state index is 12.5. The van der Waals surface area contributed by atoms with Gasteiger partial charge in [-0.05, 0) is 37.8 Å². The summed E-state index contributed by atoms with van der Waals surface area (Å²) in [5.41, 5.74) is 1.16. The summed E-state index contributed by atoms with van der Waals surface area (Å²) in [5.74, 6) is -0.112. The van der Waals surface area contributed by atoms with Crippen LogP contribution >= 0.6 is 11.6 Å². The average Bonchev–Trinajstić information content (AvgIpc) is 2.99. The molecule has 1 amide bonds. The van der Waals surface area contributed by atoms with Crippen molar-refractivity contribution in [2.75, 3.05) is 0 Å². The molecule has 0 aromatic carbocycles. The van der Waals surface area contributed by atoms with Crippen LogP contribution in [0.15, 0.2) is 24.5 Å². The molecule has 2 N–H and O–H groups in total. The van der Waals surface area contributed by atoms with Gasteiger partial charge in [0, 0.05) is 30.5 Å². The molecule has 0 unspecified atom stereocenters. The molecule has 0 spiro atoms. The minimum Gasteiger partial charge on any atom is -0.346 e. The predicted molar refractivity (Wildman–Crippen MR) is 101 cm³/mol. The zero-order valence-corrected chi connectivity index (χ0v) is 15.7. The molecule has 136 valence electrons. The molecule has 3 rings (SSSR count). The fourth-order valence-corrected chi connectivity index (χ4v) is 3.67. The van der Waals surface area contributed by atoms with E-state index in [-0.39, 0.29) is 11.9 Å². The minimum atomic E-state index is -0.112. The topological polar surface area (TPSA) is 58.4 Å². The van der Waals surface area contributed by atoms with E-state index in [4.69, 9.17) is 11.6 Å². The van der Waals surface area contributed by atoms with Crippen LogP contribution in [-0.4, -0.2) is 33.4 Å². The fraction of sp³-hybridized carbons (Fsp3) is 0.579. The van der Waals surface area contributed by atoms with E-state index in [1.54, 1.807) is 22.9 Å². The molecule has 0 aliphatic heterocycles. The van der Waals surface area contributed by atoms with Crippen molar-refractivity contribution >= 4 is 23.2 Å². The second-order valence-corrected chi connectivity index (χ2v) is 7.38. The van der Waals surface area contributed by atoms with Gasteiger partial charge in [-0.15, -0.1) is 0 Å². The molecule has 1 fully saturated rings. The zero-order chi connectivity index (χ0) is 17.8. The molecular weight excluding hydrogens is 336 g/mol. The maximum Gasteiger partial charge on any atom is 0.271 e. The Bertz CT molecular complexity index is 723. The molecule has 1 aliphatic rings. The third kappa shape index (κ3) is 4.33. The summed E-state index contributed by atoms with van der Waals surface area (Å²) in [4.78, 5) is 16.9. The van der Waals surface area contributed by atoms with Gasteiger partial charge in [-0.2, -0.15) is 0 Å². The Morgan fingerprint density at radius 3 is 2.60 bits per heavy atom. The highest BCUT2D eigenvalue weighted by atomic mass is 35.5. The van der Waals surface area contributed by atoms with Crippen molar-refractivity contribution < 1.29 is 4.79 Å². The third-order valence-corrected chi connectivity index (χ3v) is 5.19. The van der Waals surface area contributed by atoms with Crippen LogP contribution < -0.4 is 10.6 Å². The van der Waals surface area contributed by atoms with Crippen molar-refractivity contribution in [3.05, 3.63) is 35.2 Å². The quantitative estimate of drug-likeness (QED) is 0.750. The molecule has 6 heteroatoms. The summed E-state index contributed by atoms with van der Waals surface area (Å²) in [5, 5.41) is 7.50. The number of nitrogens with zero attached hydrogens (tertiary/aromatic N) is 2. The molecule has 1 aliphatic carbocycles. The number of pyridine rings is 1. The number of amides is 1. The lowest BCUT2D eigenvalue weighted by molar-refractivity contribution is 0.0883. The highest BCUT2D eigenvalue weighted by molar-refractivity contribution is 6.30. The van der Waals surface area contributed by atoms with Crippen LogP contribution in [0, 0.1) is 0 Å². The Hall–Kier alpha value is -1.59. The number of carbonyl (C=O) groups excluding carboxylic acids is 1. The van der Waals surface area contributed by atoms with Crippen LogP contribution in [0.4, 0.5) is 0 Å². The van der Waals surface area contributed by atoms with Gasteiger partial charge in [0.2, 0.25) is 0 Å². The minimum absolute atomic E-state index is 0.112. The van der Waals surface area contributed by atoms with E-state index < -0.39 is 0 Å². The van der Waals surface area contributed by atoms with E-state index in [2.05, 4.69) is 29.5 Å². The first-order chi connectivity index (χ1) is 12.1.